The lowest BCUT2D eigenvalue weighted by Gasteiger charge is -2.03. The Kier molecular flexibility index (Phi) is 6.25. The SMILES string of the molecule is CCc1ccc(-n2nc(CO)c(C(=O)NCCCOC)n2)cc1. The minimum absolute atomic E-state index is 0.143. The second-order valence-corrected chi connectivity index (χ2v) is 5.07. The van der Waals surface area contributed by atoms with Crippen molar-refractivity contribution in [1.82, 2.24) is 20.3 Å². The second kappa shape index (κ2) is 8.40. The molecule has 7 heteroatoms. The van der Waals surface area contributed by atoms with Gasteiger partial charge in [0.25, 0.3) is 5.91 Å². The van der Waals surface area contributed by atoms with E-state index in [1.807, 2.05) is 24.3 Å². The summed E-state index contributed by atoms with van der Waals surface area (Å²) in [7, 11) is 1.61. The van der Waals surface area contributed by atoms with Gasteiger partial charge < -0.3 is 15.2 Å². The fourth-order valence-electron chi connectivity index (χ4n) is 2.10. The highest BCUT2D eigenvalue weighted by Crippen LogP contribution is 2.11. The number of methoxy groups -OCH3 is 1. The third kappa shape index (κ3) is 4.37. The zero-order chi connectivity index (χ0) is 16.7. The molecule has 2 N–H and O–H groups in total. The quantitative estimate of drug-likeness (QED) is 0.711. The van der Waals surface area contributed by atoms with Gasteiger partial charge in [-0.15, -0.1) is 10.2 Å². The fraction of sp³-hybridized carbons (Fsp3) is 0.438. The van der Waals surface area contributed by atoms with Crippen molar-refractivity contribution in [2.75, 3.05) is 20.3 Å². The summed E-state index contributed by atoms with van der Waals surface area (Å²) in [5, 5.41) is 20.5. The number of amides is 1. The molecule has 1 heterocycles. The summed E-state index contributed by atoms with van der Waals surface area (Å²) in [6.45, 7) is 2.80. The molecule has 1 aromatic heterocycles. The van der Waals surface area contributed by atoms with Gasteiger partial charge in [0.05, 0.1) is 12.3 Å². The average molecular weight is 318 g/mol. The van der Waals surface area contributed by atoms with Crippen LogP contribution in [0.2, 0.25) is 0 Å². The van der Waals surface area contributed by atoms with E-state index in [0.29, 0.717) is 19.6 Å². The highest BCUT2D eigenvalue weighted by molar-refractivity contribution is 5.93. The van der Waals surface area contributed by atoms with Crippen molar-refractivity contribution in [3.63, 3.8) is 0 Å². The maximum Gasteiger partial charge on any atom is 0.273 e. The van der Waals surface area contributed by atoms with Crippen molar-refractivity contribution >= 4 is 5.91 Å². The van der Waals surface area contributed by atoms with Crippen LogP contribution in [-0.4, -0.2) is 46.3 Å². The van der Waals surface area contributed by atoms with E-state index in [2.05, 4.69) is 22.4 Å². The first-order valence-corrected chi connectivity index (χ1v) is 7.63. The number of hydrogen-bond acceptors (Lipinski definition) is 5. The average Bonchev–Trinajstić information content (AvgIpc) is 3.03. The summed E-state index contributed by atoms with van der Waals surface area (Å²) in [6.07, 6.45) is 1.66. The van der Waals surface area contributed by atoms with Crippen LogP contribution in [0.15, 0.2) is 24.3 Å². The molecule has 7 nitrogen and oxygen atoms in total. The summed E-state index contributed by atoms with van der Waals surface area (Å²) >= 11 is 0. The van der Waals surface area contributed by atoms with Crippen LogP contribution in [0.5, 0.6) is 0 Å². The van der Waals surface area contributed by atoms with Gasteiger partial charge in [-0.2, -0.15) is 4.80 Å². The third-order valence-electron chi connectivity index (χ3n) is 3.43. The van der Waals surface area contributed by atoms with E-state index >= 15 is 0 Å². The fourth-order valence-corrected chi connectivity index (χ4v) is 2.10. The van der Waals surface area contributed by atoms with Crippen LogP contribution in [0, 0.1) is 0 Å². The van der Waals surface area contributed by atoms with Crippen molar-refractivity contribution in [1.29, 1.82) is 0 Å². The lowest BCUT2D eigenvalue weighted by molar-refractivity contribution is 0.0940. The van der Waals surface area contributed by atoms with Crippen LogP contribution < -0.4 is 5.32 Å². The molecule has 23 heavy (non-hydrogen) atoms. The molecule has 0 aliphatic carbocycles. The van der Waals surface area contributed by atoms with Crippen molar-refractivity contribution in [2.45, 2.75) is 26.4 Å². The van der Waals surface area contributed by atoms with Gasteiger partial charge in [0.1, 0.15) is 5.69 Å². The predicted octanol–water partition coefficient (Wildman–Crippen LogP) is 1.09. The molecule has 0 atom stereocenters. The molecule has 0 aliphatic rings. The number of aryl methyl sites for hydroxylation is 1. The highest BCUT2D eigenvalue weighted by Gasteiger charge is 2.18. The molecule has 0 fully saturated rings. The molecule has 0 unspecified atom stereocenters. The van der Waals surface area contributed by atoms with E-state index in [9.17, 15) is 9.90 Å². The number of aliphatic hydroxyl groups is 1. The van der Waals surface area contributed by atoms with Crippen molar-refractivity contribution in [3.8, 4) is 5.69 Å². The number of nitrogens with zero attached hydrogens (tertiary/aromatic N) is 3. The number of rotatable bonds is 8. The molecular formula is C16H22N4O3. The molecule has 0 saturated heterocycles. The van der Waals surface area contributed by atoms with E-state index in [-0.39, 0.29) is 23.9 Å². The van der Waals surface area contributed by atoms with E-state index in [4.69, 9.17) is 4.74 Å². The first-order valence-electron chi connectivity index (χ1n) is 7.63. The van der Waals surface area contributed by atoms with Gasteiger partial charge in [-0.05, 0) is 30.5 Å². The lowest BCUT2D eigenvalue weighted by atomic mass is 10.2. The second-order valence-electron chi connectivity index (χ2n) is 5.07. The topological polar surface area (TPSA) is 89.3 Å². The van der Waals surface area contributed by atoms with E-state index in [1.54, 1.807) is 7.11 Å². The Bertz CT molecular complexity index is 637. The molecular weight excluding hydrogens is 296 g/mol. The monoisotopic (exact) mass is 318 g/mol. The predicted molar refractivity (Wildman–Crippen MR) is 85.5 cm³/mol. The molecule has 124 valence electrons. The Morgan fingerprint density at radius 3 is 2.65 bits per heavy atom. The molecule has 0 bridgehead atoms. The molecule has 0 aliphatic heterocycles. The molecule has 2 aromatic rings. The van der Waals surface area contributed by atoms with Gasteiger partial charge in [0.2, 0.25) is 0 Å². The van der Waals surface area contributed by atoms with Crippen LogP contribution >= 0.6 is 0 Å². The molecule has 1 amide bonds. The molecule has 2 rings (SSSR count). The minimum atomic E-state index is -0.346. The first-order chi connectivity index (χ1) is 11.2. The zero-order valence-electron chi connectivity index (χ0n) is 13.5. The molecule has 1 aromatic carbocycles. The third-order valence-corrected chi connectivity index (χ3v) is 3.43. The number of nitrogens with one attached hydrogen (secondary N) is 1. The Balaban J connectivity index is 2.14. The van der Waals surface area contributed by atoms with Gasteiger partial charge in [-0.3, -0.25) is 4.79 Å². The number of aliphatic hydroxyl groups excluding tert-OH is 1. The normalized spacial score (nSPS) is 10.7. The van der Waals surface area contributed by atoms with Gasteiger partial charge in [0, 0.05) is 20.3 Å². The first kappa shape index (κ1) is 17.1. The Labute approximate surface area is 135 Å². The molecule has 0 spiro atoms. The Hall–Kier alpha value is -2.25. The highest BCUT2D eigenvalue weighted by atomic mass is 16.5. The van der Waals surface area contributed by atoms with Crippen LogP contribution in [0.1, 0.15) is 35.1 Å². The van der Waals surface area contributed by atoms with Gasteiger partial charge >= 0.3 is 0 Å². The summed E-state index contributed by atoms with van der Waals surface area (Å²) in [5.74, 6) is -0.346. The number of aromatic nitrogens is 3. The van der Waals surface area contributed by atoms with Crippen molar-refractivity contribution < 1.29 is 14.6 Å². The number of carbonyl (C=O) groups is 1. The standard InChI is InChI=1S/C16H22N4O3/c1-3-12-5-7-13(8-6-12)20-18-14(11-21)15(19-20)16(22)17-9-4-10-23-2/h5-8,21H,3-4,9-11H2,1-2H3,(H,17,22). The van der Waals surface area contributed by atoms with Gasteiger partial charge in [0.15, 0.2) is 5.69 Å². The maximum atomic E-state index is 12.2. The maximum absolute atomic E-state index is 12.2. The Morgan fingerprint density at radius 1 is 1.30 bits per heavy atom. The number of carbonyl (C=O) groups excluding carboxylic acids is 1. The van der Waals surface area contributed by atoms with Crippen LogP contribution in [0.25, 0.3) is 5.69 Å². The van der Waals surface area contributed by atoms with E-state index in [0.717, 1.165) is 12.1 Å². The van der Waals surface area contributed by atoms with E-state index < -0.39 is 0 Å². The van der Waals surface area contributed by atoms with Gasteiger partial charge in [-0.25, -0.2) is 0 Å². The van der Waals surface area contributed by atoms with Crippen molar-refractivity contribution in [3.05, 3.63) is 41.2 Å². The van der Waals surface area contributed by atoms with Crippen LogP contribution in [0.4, 0.5) is 0 Å². The summed E-state index contributed by atoms with van der Waals surface area (Å²) < 4.78 is 4.93. The number of hydrogen-bond donors (Lipinski definition) is 2. The summed E-state index contributed by atoms with van der Waals surface area (Å²) in [6, 6.07) is 7.75. The smallest absolute Gasteiger partial charge is 0.273 e. The molecule has 0 saturated carbocycles. The van der Waals surface area contributed by atoms with Gasteiger partial charge in [-0.1, -0.05) is 19.1 Å². The summed E-state index contributed by atoms with van der Waals surface area (Å²) in [5.41, 5.74) is 2.35. The van der Waals surface area contributed by atoms with Crippen LogP contribution in [-0.2, 0) is 17.8 Å². The summed E-state index contributed by atoms with van der Waals surface area (Å²) in [4.78, 5) is 13.5. The zero-order valence-corrected chi connectivity index (χ0v) is 13.5. The van der Waals surface area contributed by atoms with Crippen LogP contribution in [0.3, 0.4) is 0 Å². The minimum Gasteiger partial charge on any atom is -0.390 e. The number of benzene rings is 1. The Morgan fingerprint density at radius 2 is 2.04 bits per heavy atom. The number of ether oxygens (including phenoxy) is 1. The largest absolute Gasteiger partial charge is 0.390 e. The molecule has 0 radical (unpaired) electrons. The van der Waals surface area contributed by atoms with Crippen molar-refractivity contribution in [2.24, 2.45) is 0 Å². The lowest BCUT2D eigenvalue weighted by Crippen LogP contribution is -2.26. The van der Waals surface area contributed by atoms with E-state index in [1.165, 1.54) is 10.4 Å².